The van der Waals surface area contributed by atoms with E-state index in [9.17, 15) is 4.79 Å². The Hall–Kier alpha value is -3.12. The van der Waals surface area contributed by atoms with Crippen LogP contribution >= 0.6 is 0 Å². The fourth-order valence-corrected chi connectivity index (χ4v) is 3.12. The van der Waals surface area contributed by atoms with Gasteiger partial charge in [-0.15, -0.1) is 0 Å². The number of nitrogens with one attached hydrogen (secondary N) is 1. The quantitative estimate of drug-likeness (QED) is 0.676. The molecule has 0 aliphatic carbocycles. The first-order valence-corrected chi connectivity index (χ1v) is 9.39. The maximum atomic E-state index is 12.2. The first-order valence-electron chi connectivity index (χ1n) is 9.39. The number of benzene rings is 2. The van der Waals surface area contributed by atoms with Gasteiger partial charge in [-0.05, 0) is 36.2 Å². The average molecular weight is 378 g/mol. The number of carbonyl (C=O) groups is 1. The minimum Gasteiger partial charge on any atom is -0.457 e. The zero-order valence-corrected chi connectivity index (χ0v) is 15.5. The van der Waals surface area contributed by atoms with Crippen molar-refractivity contribution in [2.45, 2.75) is 12.8 Å². The van der Waals surface area contributed by atoms with Gasteiger partial charge in [0.1, 0.15) is 17.3 Å². The number of nitrogens with zero attached hydrogens (tertiary/aromatic N) is 1. The first kappa shape index (κ1) is 18.3. The van der Waals surface area contributed by atoms with Crippen molar-refractivity contribution in [3.05, 3.63) is 77.7 Å². The van der Waals surface area contributed by atoms with E-state index in [-0.39, 0.29) is 5.91 Å². The van der Waals surface area contributed by atoms with E-state index in [1.54, 1.807) is 6.07 Å². The maximum absolute atomic E-state index is 12.2. The van der Waals surface area contributed by atoms with E-state index in [1.165, 1.54) is 0 Å². The summed E-state index contributed by atoms with van der Waals surface area (Å²) in [6, 6.07) is 19.1. The topological polar surface area (TPSA) is 73.6 Å². The van der Waals surface area contributed by atoms with Crippen LogP contribution in [0.3, 0.4) is 0 Å². The molecule has 1 atom stereocenters. The second-order valence-electron chi connectivity index (χ2n) is 6.86. The summed E-state index contributed by atoms with van der Waals surface area (Å²) in [6.45, 7) is 2.06. The van der Waals surface area contributed by atoms with Crippen LogP contribution in [0.4, 0.5) is 0 Å². The molecule has 2 heterocycles. The van der Waals surface area contributed by atoms with Crippen molar-refractivity contribution in [1.82, 2.24) is 10.5 Å². The Bertz CT molecular complexity index is 917. The van der Waals surface area contributed by atoms with Crippen LogP contribution in [0.15, 0.2) is 65.2 Å². The lowest BCUT2D eigenvalue weighted by molar-refractivity contribution is 0.0936. The van der Waals surface area contributed by atoms with Gasteiger partial charge in [-0.2, -0.15) is 0 Å². The summed E-state index contributed by atoms with van der Waals surface area (Å²) in [4.78, 5) is 12.2. The van der Waals surface area contributed by atoms with Crippen LogP contribution in [-0.2, 0) is 11.2 Å². The number of ether oxygens (including phenoxy) is 2. The van der Waals surface area contributed by atoms with Crippen molar-refractivity contribution in [2.75, 3.05) is 19.8 Å². The molecule has 1 fully saturated rings. The van der Waals surface area contributed by atoms with Crippen LogP contribution in [0.25, 0.3) is 0 Å². The highest BCUT2D eigenvalue weighted by molar-refractivity contribution is 5.92. The molecular weight excluding hydrogens is 356 g/mol. The molecule has 1 aliphatic rings. The predicted octanol–water partition coefficient (Wildman–Crippen LogP) is 3.82. The maximum Gasteiger partial charge on any atom is 0.273 e. The number of amides is 1. The van der Waals surface area contributed by atoms with Crippen molar-refractivity contribution in [2.24, 2.45) is 5.92 Å². The SMILES string of the molecule is O=C(NCC1CCOC1)c1cc(Cc2cccc(Oc3ccccc3)c2)on1. The highest BCUT2D eigenvalue weighted by Gasteiger charge is 2.18. The Kier molecular flexibility index (Phi) is 5.68. The van der Waals surface area contributed by atoms with E-state index in [1.807, 2.05) is 54.6 Å². The summed E-state index contributed by atoms with van der Waals surface area (Å²) in [5, 5.41) is 6.79. The van der Waals surface area contributed by atoms with Gasteiger partial charge in [0.25, 0.3) is 5.91 Å². The van der Waals surface area contributed by atoms with Crippen LogP contribution in [0, 0.1) is 5.92 Å². The largest absolute Gasteiger partial charge is 0.457 e. The van der Waals surface area contributed by atoms with E-state index in [2.05, 4.69) is 10.5 Å². The van der Waals surface area contributed by atoms with Gasteiger partial charge in [0.15, 0.2) is 5.69 Å². The van der Waals surface area contributed by atoms with Crippen molar-refractivity contribution in [3.8, 4) is 11.5 Å². The van der Waals surface area contributed by atoms with Crippen LogP contribution < -0.4 is 10.1 Å². The molecular formula is C22H22N2O4. The fourth-order valence-electron chi connectivity index (χ4n) is 3.12. The molecule has 0 bridgehead atoms. The standard InChI is InChI=1S/C22H22N2O4/c25-22(23-14-17-9-10-26-15-17)21-13-20(28-24-21)12-16-5-4-8-19(11-16)27-18-6-2-1-3-7-18/h1-8,11,13,17H,9-10,12,14-15H2,(H,23,25). The Balaban J connectivity index is 1.35. The number of aromatic nitrogens is 1. The second-order valence-corrected chi connectivity index (χ2v) is 6.86. The van der Waals surface area contributed by atoms with Gasteiger partial charge < -0.3 is 19.3 Å². The zero-order chi connectivity index (χ0) is 19.2. The van der Waals surface area contributed by atoms with Crippen LogP contribution in [0.1, 0.15) is 28.2 Å². The molecule has 144 valence electrons. The van der Waals surface area contributed by atoms with Crippen molar-refractivity contribution in [3.63, 3.8) is 0 Å². The predicted molar refractivity (Wildman–Crippen MR) is 104 cm³/mol. The fraction of sp³-hybridized carbons (Fsp3) is 0.273. The molecule has 28 heavy (non-hydrogen) atoms. The van der Waals surface area contributed by atoms with Gasteiger partial charge >= 0.3 is 0 Å². The molecule has 6 nitrogen and oxygen atoms in total. The molecule has 2 aromatic carbocycles. The molecule has 0 radical (unpaired) electrons. The average Bonchev–Trinajstić information content (AvgIpc) is 3.39. The third-order valence-electron chi connectivity index (χ3n) is 4.62. The number of hydrogen-bond acceptors (Lipinski definition) is 5. The monoisotopic (exact) mass is 378 g/mol. The molecule has 1 amide bonds. The van der Waals surface area contributed by atoms with Gasteiger partial charge in [-0.1, -0.05) is 35.5 Å². The third kappa shape index (κ3) is 4.78. The molecule has 4 rings (SSSR count). The van der Waals surface area contributed by atoms with Crippen LogP contribution in [0.5, 0.6) is 11.5 Å². The molecule has 1 unspecified atom stereocenters. The zero-order valence-electron chi connectivity index (χ0n) is 15.5. The number of rotatable bonds is 7. The van der Waals surface area contributed by atoms with Gasteiger partial charge in [-0.25, -0.2) is 0 Å². The summed E-state index contributed by atoms with van der Waals surface area (Å²) in [6.07, 6.45) is 1.51. The first-order chi connectivity index (χ1) is 13.8. The molecule has 0 spiro atoms. The smallest absolute Gasteiger partial charge is 0.273 e. The van der Waals surface area contributed by atoms with Crippen molar-refractivity contribution >= 4 is 5.91 Å². The molecule has 1 saturated heterocycles. The van der Waals surface area contributed by atoms with E-state index in [4.69, 9.17) is 14.0 Å². The molecule has 1 aromatic heterocycles. The summed E-state index contributed by atoms with van der Waals surface area (Å²) in [5.74, 6) is 2.32. The van der Waals surface area contributed by atoms with Gasteiger partial charge in [-0.3, -0.25) is 4.79 Å². The van der Waals surface area contributed by atoms with E-state index in [0.29, 0.717) is 36.9 Å². The lowest BCUT2D eigenvalue weighted by Crippen LogP contribution is -2.29. The van der Waals surface area contributed by atoms with Crippen molar-refractivity contribution < 1.29 is 18.8 Å². The minimum absolute atomic E-state index is 0.219. The van der Waals surface area contributed by atoms with E-state index < -0.39 is 0 Å². The van der Waals surface area contributed by atoms with Crippen molar-refractivity contribution in [1.29, 1.82) is 0 Å². The molecule has 3 aromatic rings. The number of carbonyl (C=O) groups excluding carboxylic acids is 1. The Morgan fingerprint density at radius 2 is 1.96 bits per heavy atom. The Morgan fingerprint density at radius 1 is 1.11 bits per heavy atom. The minimum atomic E-state index is -0.219. The summed E-state index contributed by atoms with van der Waals surface area (Å²) in [7, 11) is 0. The van der Waals surface area contributed by atoms with E-state index in [0.717, 1.165) is 30.1 Å². The molecule has 6 heteroatoms. The van der Waals surface area contributed by atoms with Gasteiger partial charge in [0, 0.05) is 31.6 Å². The van der Waals surface area contributed by atoms with Gasteiger partial charge in [0.2, 0.25) is 0 Å². The van der Waals surface area contributed by atoms with Crippen LogP contribution in [0.2, 0.25) is 0 Å². The van der Waals surface area contributed by atoms with E-state index >= 15 is 0 Å². The molecule has 0 saturated carbocycles. The molecule has 1 aliphatic heterocycles. The highest BCUT2D eigenvalue weighted by atomic mass is 16.5. The summed E-state index contributed by atoms with van der Waals surface area (Å²) in [5.41, 5.74) is 1.31. The van der Waals surface area contributed by atoms with Crippen LogP contribution in [-0.4, -0.2) is 30.8 Å². The summed E-state index contributed by atoms with van der Waals surface area (Å²) < 4.78 is 16.5. The Labute approximate surface area is 163 Å². The highest BCUT2D eigenvalue weighted by Crippen LogP contribution is 2.23. The normalized spacial score (nSPS) is 16.1. The lowest BCUT2D eigenvalue weighted by Gasteiger charge is -2.07. The number of para-hydroxylation sites is 1. The Morgan fingerprint density at radius 3 is 2.79 bits per heavy atom. The second kappa shape index (κ2) is 8.71. The third-order valence-corrected chi connectivity index (χ3v) is 4.62. The molecule has 1 N–H and O–H groups in total. The summed E-state index contributed by atoms with van der Waals surface area (Å²) >= 11 is 0. The van der Waals surface area contributed by atoms with Gasteiger partial charge in [0.05, 0.1) is 6.61 Å². The number of hydrogen-bond donors (Lipinski definition) is 1. The lowest BCUT2D eigenvalue weighted by atomic mass is 10.1.